The molecule has 2 aromatic rings. The average Bonchev–Trinajstić information content (AvgIpc) is 2.68. The summed E-state index contributed by atoms with van der Waals surface area (Å²) in [5.74, 6) is 0.296. The van der Waals surface area contributed by atoms with Crippen LogP contribution in [0.3, 0.4) is 0 Å². The van der Waals surface area contributed by atoms with Crippen LogP contribution >= 0.6 is 0 Å². The molecule has 1 aromatic carbocycles. The molecule has 6 heteroatoms. The Hall–Kier alpha value is -2.89. The van der Waals surface area contributed by atoms with E-state index < -0.39 is 0 Å². The zero-order valence-electron chi connectivity index (χ0n) is 16.9. The van der Waals surface area contributed by atoms with Gasteiger partial charge in [-0.3, -0.25) is 4.79 Å². The molecular weight excluding hydrogens is 367 g/mol. The Kier molecular flexibility index (Phi) is 5.26. The first kappa shape index (κ1) is 19.4. The standard InChI is InChI=1S/C23H27FN4O/c1-14-4-3-5-20(24)23(14)16-10-17-13-26-22(25)12-19(17)21(11-16)28-8-6-18(7-9-28)27-15(2)29/h3-5,10,12-13,16,18H,6-9,11,25H2,1-2H3,(H,27,29). The number of rotatable bonds is 3. The minimum absolute atomic E-state index is 0.0163. The summed E-state index contributed by atoms with van der Waals surface area (Å²) in [6, 6.07) is 7.38. The van der Waals surface area contributed by atoms with Crippen LogP contribution in [0.5, 0.6) is 0 Å². The van der Waals surface area contributed by atoms with Crippen LogP contribution in [0.15, 0.2) is 30.5 Å². The second kappa shape index (κ2) is 7.85. The lowest BCUT2D eigenvalue weighted by atomic mass is 9.85. The first-order chi connectivity index (χ1) is 13.9. The number of piperidine rings is 1. The lowest BCUT2D eigenvalue weighted by molar-refractivity contribution is -0.119. The zero-order chi connectivity index (χ0) is 20.5. The van der Waals surface area contributed by atoms with E-state index in [0.717, 1.165) is 53.9 Å². The fourth-order valence-corrected chi connectivity index (χ4v) is 4.64. The monoisotopic (exact) mass is 394 g/mol. The van der Waals surface area contributed by atoms with Gasteiger partial charge in [0.1, 0.15) is 11.6 Å². The van der Waals surface area contributed by atoms with Gasteiger partial charge in [0.2, 0.25) is 5.91 Å². The molecule has 1 aliphatic carbocycles. The van der Waals surface area contributed by atoms with Gasteiger partial charge in [-0.15, -0.1) is 0 Å². The molecule has 1 unspecified atom stereocenters. The minimum Gasteiger partial charge on any atom is -0.384 e. The summed E-state index contributed by atoms with van der Waals surface area (Å²) in [6.45, 7) is 5.23. The van der Waals surface area contributed by atoms with E-state index in [9.17, 15) is 9.18 Å². The third-order valence-corrected chi connectivity index (χ3v) is 5.99. The highest BCUT2D eigenvalue weighted by molar-refractivity contribution is 5.73. The van der Waals surface area contributed by atoms with E-state index in [-0.39, 0.29) is 23.7 Å². The fourth-order valence-electron chi connectivity index (χ4n) is 4.64. The number of likely N-dealkylation sites (tertiary alicyclic amines) is 1. The van der Waals surface area contributed by atoms with Crippen LogP contribution in [0.4, 0.5) is 10.2 Å². The molecule has 3 N–H and O–H groups in total. The summed E-state index contributed by atoms with van der Waals surface area (Å²) in [5.41, 5.74) is 8.88. The molecular formula is C23H27FN4O. The average molecular weight is 394 g/mol. The largest absolute Gasteiger partial charge is 0.384 e. The van der Waals surface area contributed by atoms with Crippen LogP contribution in [0.25, 0.3) is 11.8 Å². The number of hydrogen-bond acceptors (Lipinski definition) is 4. The second-order valence-corrected chi connectivity index (χ2v) is 8.05. The van der Waals surface area contributed by atoms with Crippen molar-refractivity contribution in [3.05, 3.63) is 57.8 Å². The number of fused-ring (bicyclic) bond motifs is 1. The van der Waals surface area contributed by atoms with E-state index >= 15 is 0 Å². The Bertz CT molecular complexity index is 1040. The van der Waals surface area contributed by atoms with Crippen molar-refractivity contribution < 1.29 is 9.18 Å². The molecule has 1 aromatic heterocycles. The van der Waals surface area contributed by atoms with Gasteiger partial charge in [0.25, 0.3) is 0 Å². The van der Waals surface area contributed by atoms with Gasteiger partial charge in [-0.1, -0.05) is 18.2 Å². The molecule has 152 valence electrons. The molecule has 1 atom stereocenters. The molecule has 2 aliphatic rings. The van der Waals surface area contributed by atoms with Gasteiger partial charge in [0, 0.05) is 49.1 Å². The topological polar surface area (TPSA) is 71.2 Å². The third-order valence-electron chi connectivity index (χ3n) is 5.99. The number of aromatic nitrogens is 1. The van der Waals surface area contributed by atoms with E-state index in [1.165, 1.54) is 11.8 Å². The first-order valence-electron chi connectivity index (χ1n) is 10.2. The number of nitrogens with zero attached hydrogens (tertiary/aromatic N) is 2. The Labute approximate surface area is 170 Å². The summed E-state index contributed by atoms with van der Waals surface area (Å²) in [4.78, 5) is 18.0. The van der Waals surface area contributed by atoms with Crippen LogP contribution in [0, 0.1) is 12.7 Å². The molecule has 4 rings (SSSR count). The Morgan fingerprint density at radius 2 is 2.07 bits per heavy atom. The summed E-state index contributed by atoms with van der Waals surface area (Å²) < 4.78 is 14.7. The summed E-state index contributed by atoms with van der Waals surface area (Å²) >= 11 is 0. The molecule has 5 nitrogen and oxygen atoms in total. The van der Waals surface area contributed by atoms with Gasteiger partial charge in [-0.2, -0.15) is 0 Å². The summed E-state index contributed by atoms with van der Waals surface area (Å²) in [7, 11) is 0. The number of nitrogen functional groups attached to an aromatic ring is 1. The van der Waals surface area contributed by atoms with Gasteiger partial charge in [-0.05, 0) is 54.7 Å². The maximum atomic E-state index is 14.7. The summed E-state index contributed by atoms with van der Waals surface area (Å²) in [6.07, 6.45) is 6.42. The summed E-state index contributed by atoms with van der Waals surface area (Å²) in [5, 5.41) is 5.10. The predicted octanol–water partition coefficient (Wildman–Crippen LogP) is 1.79. The molecule has 29 heavy (non-hydrogen) atoms. The van der Waals surface area contributed by atoms with Crippen molar-refractivity contribution in [1.82, 2.24) is 15.2 Å². The number of anilines is 1. The van der Waals surface area contributed by atoms with Gasteiger partial charge < -0.3 is 16.0 Å². The Balaban J connectivity index is 1.71. The van der Waals surface area contributed by atoms with Crippen LogP contribution in [-0.2, 0) is 4.79 Å². The lowest BCUT2D eigenvalue weighted by Crippen LogP contribution is -2.46. The molecule has 1 fully saturated rings. The van der Waals surface area contributed by atoms with Gasteiger partial charge in [0.15, 0.2) is 0 Å². The van der Waals surface area contributed by atoms with Gasteiger partial charge in [0.05, 0.1) is 0 Å². The lowest BCUT2D eigenvalue weighted by Gasteiger charge is -2.37. The molecule has 1 amide bonds. The van der Waals surface area contributed by atoms with Crippen molar-refractivity contribution in [1.29, 1.82) is 0 Å². The normalized spacial score (nSPS) is 19.5. The molecule has 0 spiro atoms. The molecule has 2 heterocycles. The van der Waals surface area contributed by atoms with Crippen LogP contribution in [-0.4, -0.2) is 34.9 Å². The number of aryl methyl sites for hydroxylation is 1. The van der Waals surface area contributed by atoms with Crippen molar-refractivity contribution >= 4 is 23.5 Å². The number of benzene rings is 1. The number of hydrogen-bond donors (Lipinski definition) is 2. The Morgan fingerprint density at radius 3 is 2.76 bits per heavy atom. The number of nitrogens with one attached hydrogen (secondary N) is 1. The molecule has 1 aliphatic heterocycles. The van der Waals surface area contributed by atoms with Crippen molar-refractivity contribution in [2.75, 3.05) is 18.8 Å². The van der Waals surface area contributed by atoms with Crippen LogP contribution in [0.2, 0.25) is 0 Å². The van der Waals surface area contributed by atoms with Crippen molar-refractivity contribution in [2.45, 2.75) is 45.1 Å². The first-order valence-corrected chi connectivity index (χ1v) is 10.2. The fraction of sp³-hybridized carbons (Fsp3) is 0.391. The molecule has 0 radical (unpaired) electrons. The van der Waals surface area contributed by atoms with Crippen molar-refractivity contribution in [3.8, 4) is 0 Å². The smallest absolute Gasteiger partial charge is 0.217 e. The third kappa shape index (κ3) is 3.97. The zero-order valence-corrected chi connectivity index (χ0v) is 16.9. The van der Waals surface area contributed by atoms with Gasteiger partial charge in [-0.25, -0.2) is 9.37 Å². The van der Waals surface area contributed by atoms with E-state index in [0.29, 0.717) is 5.82 Å². The number of carbonyl (C=O) groups excluding carboxylic acids is 1. The van der Waals surface area contributed by atoms with E-state index in [4.69, 9.17) is 5.73 Å². The number of pyridine rings is 1. The van der Waals surface area contributed by atoms with Crippen molar-refractivity contribution in [2.24, 2.45) is 0 Å². The van der Waals surface area contributed by atoms with Crippen LogP contribution < -0.4 is 21.5 Å². The van der Waals surface area contributed by atoms with Gasteiger partial charge >= 0.3 is 0 Å². The highest BCUT2D eigenvalue weighted by atomic mass is 19.1. The maximum absolute atomic E-state index is 14.7. The Morgan fingerprint density at radius 1 is 1.31 bits per heavy atom. The van der Waals surface area contributed by atoms with Crippen LogP contribution in [0.1, 0.15) is 43.2 Å². The molecule has 0 bridgehead atoms. The second-order valence-electron chi connectivity index (χ2n) is 8.05. The molecule has 0 saturated carbocycles. The number of halogens is 1. The van der Waals surface area contributed by atoms with E-state index in [1.807, 2.05) is 19.1 Å². The highest BCUT2D eigenvalue weighted by Gasteiger charge is 2.27. The maximum Gasteiger partial charge on any atom is 0.217 e. The van der Waals surface area contributed by atoms with Crippen molar-refractivity contribution in [3.63, 3.8) is 0 Å². The number of amides is 1. The SMILES string of the molecule is CC(=O)NC1CCN(C2=c3cc(N)ncc3=CC(c3c(C)cccc3F)C2)CC1. The van der Waals surface area contributed by atoms with E-state index in [2.05, 4.69) is 21.3 Å². The highest BCUT2D eigenvalue weighted by Crippen LogP contribution is 2.33. The minimum atomic E-state index is -0.165. The molecule has 1 saturated heterocycles. The number of nitrogens with two attached hydrogens (primary N) is 1. The number of carbonyl (C=O) groups is 1. The quantitative estimate of drug-likeness (QED) is 0.833. The van der Waals surface area contributed by atoms with E-state index in [1.54, 1.807) is 19.2 Å². The predicted molar refractivity (Wildman–Crippen MR) is 113 cm³/mol.